The van der Waals surface area contributed by atoms with Crippen LogP contribution < -0.4 is 15.5 Å². The molecule has 3 N–H and O–H groups in total. The third-order valence-electron chi connectivity index (χ3n) is 3.15. The summed E-state index contributed by atoms with van der Waals surface area (Å²) in [6.45, 7) is 1.05. The van der Waals surface area contributed by atoms with Gasteiger partial charge in [-0.25, -0.2) is 4.79 Å². The lowest BCUT2D eigenvalue weighted by Gasteiger charge is -2.11. The molecule has 0 unspecified atom stereocenters. The van der Waals surface area contributed by atoms with Crippen molar-refractivity contribution in [2.24, 2.45) is 5.10 Å². The highest BCUT2D eigenvalue weighted by atomic mass is 32.1. The van der Waals surface area contributed by atoms with Crippen LogP contribution >= 0.6 is 12.2 Å². The Hall–Kier alpha value is -2.19. The van der Waals surface area contributed by atoms with Crippen LogP contribution in [0.25, 0.3) is 0 Å². The number of carbonyl (C=O) groups is 1. The fraction of sp³-hybridized carbons (Fsp3) is 0.400. The predicted octanol–water partition coefficient (Wildman–Crippen LogP) is 1.13. The van der Waals surface area contributed by atoms with E-state index in [9.17, 15) is 4.79 Å². The first-order valence-corrected chi connectivity index (χ1v) is 7.68. The monoisotopic (exact) mass is 337 g/mol. The first-order valence-electron chi connectivity index (χ1n) is 7.27. The van der Waals surface area contributed by atoms with Gasteiger partial charge in [-0.3, -0.25) is 5.43 Å². The van der Waals surface area contributed by atoms with E-state index >= 15 is 0 Å². The van der Waals surface area contributed by atoms with Gasteiger partial charge in [0, 0.05) is 18.7 Å². The fourth-order valence-corrected chi connectivity index (χ4v) is 2.21. The molecule has 124 valence electrons. The molecule has 1 atom stereocenters. The van der Waals surface area contributed by atoms with Crippen molar-refractivity contribution >= 4 is 29.5 Å². The minimum absolute atomic E-state index is 0.198. The van der Waals surface area contributed by atoms with Crippen LogP contribution in [0.1, 0.15) is 18.4 Å². The van der Waals surface area contributed by atoms with Crippen LogP contribution in [0.2, 0.25) is 0 Å². The van der Waals surface area contributed by atoms with E-state index in [1.54, 1.807) is 18.2 Å². The van der Waals surface area contributed by atoms with Crippen molar-refractivity contribution in [2.75, 3.05) is 19.8 Å². The number of nitrogens with zero attached hydrogens (tertiary/aromatic N) is 1. The van der Waals surface area contributed by atoms with Gasteiger partial charge in [0.25, 0.3) is 0 Å². The van der Waals surface area contributed by atoms with E-state index in [4.69, 9.17) is 26.8 Å². The molecule has 23 heavy (non-hydrogen) atoms. The maximum atomic E-state index is 10.6. The van der Waals surface area contributed by atoms with Crippen LogP contribution in [-0.4, -0.2) is 48.3 Å². The zero-order valence-electron chi connectivity index (χ0n) is 12.5. The average molecular weight is 337 g/mol. The number of hydrogen-bond donors (Lipinski definition) is 3. The zero-order chi connectivity index (χ0) is 16.5. The molecule has 0 aliphatic carbocycles. The summed E-state index contributed by atoms with van der Waals surface area (Å²) >= 11 is 5.12. The Labute approximate surface area is 139 Å². The molecule has 0 amide bonds. The highest BCUT2D eigenvalue weighted by molar-refractivity contribution is 7.80. The van der Waals surface area contributed by atoms with Crippen molar-refractivity contribution in [2.45, 2.75) is 18.9 Å². The summed E-state index contributed by atoms with van der Waals surface area (Å²) in [5, 5.41) is 16.1. The summed E-state index contributed by atoms with van der Waals surface area (Å²) in [7, 11) is 0. The minimum Gasteiger partial charge on any atom is -0.481 e. The number of para-hydroxylation sites is 1. The fourth-order valence-electron chi connectivity index (χ4n) is 2.07. The summed E-state index contributed by atoms with van der Waals surface area (Å²) in [5.74, 6) is -0.590. The molecular weight excluding hydrogens is 318 g/mol. The molecule has 1 fully saturated rings. The molecule has 1 aromatic carbocycles. The van der Waals surface area contributed by atoms with E-state index in [1.807, 2.05) is 6.07 Å². The van der Waals surface area contributed by atoms with Crippen LogP contribution in [-0.2, 0) is 9.53 Å². The summed E-state index contributed by atoms with van der Waals surface area (Å²) < 4.78 is 10.7. The number of hydrazone groups is 1. The van der Waals surface area contributed by atoms with Crippen molar-refractivity contribution in [1.29, 1.82) is 0 Å². The Morgan fingerprint density at radius 1 is 1.52 bits per heavy atom. The van der Waals surface area contributed by atoms with Crippen LogP contribution in [0, 0.1) is 0 Å². The Kier molecular flexibility index (Phi) is 6.76. The highest BCUT2D eigenvalue weighted by Crippen LogP contribution is 2.15. The van der Waals surface area contributed by atoms with Crippen LogP contribution in [0.3, 0.4) is 0 Å². The molecule has 1 aliphatic heterocycles. The van der Waals surface area contributed by atoms with Crippen LogP contribution in [0.5, 0.6) is 5.75 Å². The van der Waals surface area contributed by atoms with Crippen molar-refractivity contribution in [3.05, 3.63) is 29.8 Å². The van der Waals surface area contributed by atoms with Gasteiger partial charge in [0.15, 0.2) is 11.7 Å². The molecule has 0 radical (unpaired) electrons. The number of benzene rings is 1. The molecule has 2 rings (SSSR count). The van der Waals surface area contributed by atoms with Crippen molar-refractivity contribution < 1.29 is 19.4 Å². The van der Waals surface area contributed by atoms with Crippen LogP contribution in [0.4, 0.5) is 0 Å². The lowest BCUT2D eigenvalue weighted by Crippen LogP contribution is -2.37. The largest absolute Gasteiger partial charge is 0.481 e. The second-order valence-corrected chi connectivity index (χ2v) is 5.34. The number of hydrogen-bond acceptors (Lipinski definition) is 5. The second kappa shape index (κ2) is 9.06. The zero-order valence-corrected chi connectivity index (χ0v) is 13.3. The van der Waals surface area contributed by atoms with Crippen molar-refractivity contribution in [1.82, 2.24) is 10.7 Å². The summed E-state index contributed by atoms with van der Waals surface area (Å²) in [5.41, 5.74) is 3.37. The van der Waals surface area contributed by atoms with Gasteiger partial charge in [-0.15, -0.1) is 0 Å². The van der Waals surface area contributed by atoms with Gasteiger partial charge in [-0.1, -0.05) is 12.1 Å². The normalized spacial score (nSPS) is 17.1. The van der Waals surface area contributed by atoms with Gasteiger partial charge in [0.05, 0.1) is 12.3 Å². The molecule has 7 nitrogen and oxygen atoms in total. The molecule has 0 bridgehead atoms. The number of ether oxygens (including phenoxy) is 2. The lowest BCUT2D eigenvalue weighted by molar-refractivity contribution is -0.139. The van der Waals surface area contributed by atoms with Crippen molar-refractivity contribution in [3.63, 3.8) is 0 Å². The first kappa shape index (κ1) is 17.2. The van der Waals surface area contributed by atoms with Gasteiger partial charge in [-0.05, 0) is 37.2 Å². The van der Waals surface area contributed by atoms with Crippen LogP contribution in [0.15, 0.2) is 29.4 Å². The Morgan fingerprint density at radius 2 is 2.35 bits per heavy atom. The molecule has 1 heterocycles. The molecule has 1 saturated heterocycles. The van der Waals surface area contributed by atoms with Gasteiger partial charge in [-0.2, -0.15) is 5.10 Å². The molecule has 8 heteroatoms. The van der Waals surface area contributed by atoms with Crippen molar-refractivity contribution in [3.8, 4) is 5.75 Å². The van der Waals surface area contributed by atoms with Gasteiger partial charge >= 0.3 is 5.97 Å². The minimum atomic E-state index is -1.03. The summed E-state index contributed by atoms with van der Waals surface area (Å²) in [6, 6.07) is 7.02. The van der Waals surface area contributed by atoms with E-state index < -0.39 is 12.6 Å². The lowest BCUT2D eigenvalue weighted by atomic mass is 10.2. The second-order valence-electron chi connectivity index (χ2n) is 4.94. The Bertz CT molecular complexity index is 574. The molecule has 1 aromatic rings. The molecule has 0 spiro atoms. The van der Waals surface area contributed by atoms with E-state index in [1.165, 1.54) is 6.21 Å². The number of carboxylic acids is 1. The number of thiocarbonyl (C=S) groups is 1. The summed E-state index contributed by atoms with van der Waals surface area (Å²) in [6.07, 6.45) is 3.84. The van der Waals surface area contributed by atoms with Gasteiger partial charge in [0.1, 0.15) is 5.75 Å². The SMILES string of the molecule is O=C(O)COc1ccccc1/C=N\NC(=S)NC[C@H]1CCCO1. The third-order valence-corrected chi connectivity index (χ3v) is 3.39. The molecule has 0 saturated carbocycles. The standard InChI is InChI=1S/C15H19N3O4S/c19-14(20)10-22-13-6-2-1-4-11(13)8-17-18-15(23)16-9-12-5-3-7-21-12/h1-2,4,6,8,12H,3,5,7,9-10H2,(H,19,20)(H2,16,18,23)/b17-8-/t12-/m1/s1. The van der Waals surface area contributed by atoms with E-state index in [0.29, 0.717) is 23.0 Å². The number of aliphatic carboxylic acids is 1. The van der Waals surface area contributed by atoms with E-state index in [2.05, 4.69) is 15.8 Å². The Balaban J connectivity index is 1.80. The maximum absolute atomic E-state index is 10.6. The maximum Gasteiger partial charge on any atom is 0.341 e. The average Bonchev–Trinajstić information content (AvgIpc) is 3.05. The predicted molar refractivity (Wildman–Crippen MR) is 89.9 cm³/mol. The molecular formula is C15H19N3O4S. The smallest absolute Gasteiger partial charge is 0.341 e. The van der Waals surface area contributed by atoms with E-state index in [0.717, 1.165) is 19.4 Å². The van der Waals surface area contributed by atoms with E-state index in [-0.39, 0.29) is 6.10 Å². The molecule has 1 aliphatic rings. The topological polar surface area (TPSA) is 92.2 Å². The quantitative estimate of drug-likeness (QED) is 0.390. The molecule has 0 aromatic heterocycles. The van der Waals surface area contributed by atoms with Gasteiger partial charge < -0.3 is 19.9 Å². The number of nitrogens with one attached hydrogen (secondary N) is 2. The Morgan fingerprint density at radius 3 is 3.09 bits per heavy atom. The number of rotatable bonds is 7. The number of carboxylic acid groups (broad SMARTS) is 1. The first-order chi connectivity index (χ1) is 11.1. The highest BCUT2D eigenvalue weighted by Gasteiger charge is 2.15. The van der Waals surface area contributed by atoms with Gasteiger partial charge in [0.2, 0.25) is 0 Å². The summed E-state index contributed by atoms with van der Waals surface area (Å²) in [4.78, 5) is 10.6. The third kappa shape index (κ3) is 6.21.